The van der Waals surface area contributed by atoms with Crippen LogP contribution in [-0.4, -0.2) is 36.1 Å². The van der Waals surface area contributed by atoms with Crippen molar-refractivity contribution in [3.8, 4) is 11.5 Å². The number of carbonyl (C=O) groups excluding carboxylic acids is 2. The predicted octanol–water partition coefficient (Wildman–Crippen LogP) is 3.52. The molecule has 1 aliphatic heterocycles. The number of hydrogen-bond donors (Lipinski definition) is 1. The Bertz CT molecular complexity index is 915. The number of carbonyl (C=O) groups is 2. The van der Waals surface area contributed by atoms with Gasteiger partial charge in [0.25, 0.3) is 11.8 Å². The molecule has 6 nitrogen and oxygen atoms in total. The normalized spacial score (nSPS) is 12.8. The van der Waals surface area contributed by atoms with Crippen LogP contribution in [0.25, 0.3) is 0 Å². The smallest absolute Gasteiger partial charge is 0.276 e. The van der Waals surface area contributed by atoms with E-state index in [9.17, 15) is 9.59 Å². The van der Waals surface area contributed by atoms with Gasteiger partial charge in [-0.1, -0.05) is 18.2 Å². The number of hydrazine groups is 1. The number of methoxy groups -OCH3 is 1. The van der Waals surface area contributed by atoms with Crippen LogP contribution < -0.4 is 14.9 Å². The Kier molecular flexibility index (Phi) is 5.31. The van der Waals surface area contributed by atoms with E-state index >= 15 is 0 Å². The van der Waals surface area contributed by atoms with Gasteiger partial charge in [0.05, 0.1) is 24.8 Å². The highest BCUT2D eigenvalue weighted by molar-refractivity contribution is 6.02. The van der Waals surface area contributed by atoms with Crippen LogP contribution in [0.2, 0.25) is 0 Å². The topological polar surface area (TPSA) is 67.9 Å². The van der Waals surface area contributed by atoms with Crippen LogP contribution in [0.3, 0.4) is 0 Å². The van der Waals surface area contributed by atoms with Crippen molar-refractivity contribution in [1.29, 1.82) is 0 Å². The van der Waals surface area contributed by atoms with Crippen molar-refractivity contribution in [3.63, 3.8) is 0 Å². The van der Waals surface area contributed by atoms with Crippen molar-refractivity contribution >= 4 is 11.8 Å². The summed E-state index contributed by atoms with van der Waals surface area (Å²) in [7, 11) is 1.56. The van der Waals surface area contributed by atoms with Gasteiger partial charge in [0.2, 0.25) is 0 Å². The molecule has 2 aromatic carbocycles. The third-order valence-corrected chi connectivity index (χ3v) is 4.78. The number of nitrogens with zero attached hydrogens (tertiary/aromatic N) is 1. The quantitative estimate of drug-likeness (QED) is 0.825. The standard InChI is InChI=1S/C22H26N2O4/c1-14-16(9-7-11-18(14)27-5)20(25)23-24(22(2,3)4)21(26)17-10-6-8-15-12-13-28-19(15)17/h6-11H,12-13H2,1-5H3,(H,23,25). The molecule has 0 radical (unpaired) electrons. The van der Waals surface area contributed by atoms with E-state index in [0.29, 0.717) is 34.8 Å². The van der Waals surface area contributed by atoms with Gasteiger partial charge in [-0.2, -0.15) is 0 Å². The molecule has 1 aliphatic rings. The molecule has 28 heavy (non-hydrogen) atoms. The molecule has 148 valence electrons. The van der Waals surface area contributed by atoms with Crippen LogP contribution in [-0.2, 0) is 6.42 Å². The van der Waals surface area contributed by atoms with Crippen molar-refractivity contribution in [2.24, 2.45) is 0 Å². The number of para-hydroxylation sites is 1. The largest absolute Gasteiger partial charge is 0.496 e. The van der Waals surface area contributed by atoms with Crippen molar-refractivity contribution < 1.29 is 19.1 Å². The van der Waals surface area contributed by atoms with E-state index in [1.54, 1.807) is 31.4 Å². The van der Waals surface area contributed by atoms with Crippen molar-refractivity contribution in [1.82, 2.24) is 10.4 Å². The second kappa shape index (κ2) is 7.54. The highest BCUT2D eigenvalue weighted by Crippen LogP contribution is 2.31. The van der Waals surface area contributed by atoms with E-state index in [4.69, 9.17) is 9.47 Å². The van der Waals surface area contributed by atoms with Crippen LogP contribution in [0.15, 0.2) is 36.4 Å². The fourth-order valence-corrected chi connectivity index (χ4v) is 3.27. The molecule has 0 saturated carbocycles. The van der Waals surface area contributed by atoms with Gasteiger partial charge in [-0.3, -0.25) is 15.0 Å². The second-order valence-corrected chi connectivity index (χ2v) is 7.78. The number of fused-ring (bicyclic) bond motifs is 1. The molecule has 6 heteroatoms. The van der Waals surface area contributed by atoms with Gasteiger partial charge >= 0.3 is 0 Å². The predicted molar refractivity (Wildman–Crippen MR) is 107 cm³/mol. The first-order valence-corrected chi connectivity index (χ1v) is 9.28. The van der Waals surface area contributed by atoms with Crippen LogP contribution in [0.5, 0.6) is 11.5 Å². The van der Waals surface area contributed by atoms with E-state index in [2.05, 4.69) is 5.43 Å². The maximum absolute atomic E-state index is 13.3. The minimum Gasteiger partial charge on any atom is -0.496 e. The molecular weight excluding hydrogens is 356 g/mol. The summed E-state index contributed by atoms with van der Waals surface area (Å²) < 4.78 is 11.0. The zero-order chi connectivity index (χ0) is 20.5. The Hall–Kier alpha value is -3.02. The summed E-state index contributed by atoms with van der Waals surface area (Å²) in [5, 5.41) is 1.37. The van der Waals surface area contributed by atoms with Crippen molar-refractivity contribution in [2.45, 2.75) is 39.7 Å². The van der Waals surface area contributed by atoms with Crippen LogP contribution in [0.1, 0.15) is 52.6 Å². The molecule has 0 spiro atoms. The fourth-order valence-electron chi connectivity index (χ4n) is 3.27. The Labute approximate surface area is 165 Å². The maximum Gasteiger partial charge on any atom is 0.276 e. The third-order valence-electron chi connectivity index (χ3n) is 4.78. The summed E-state index contributed by atoms with van der Waals surface area (Å²) in [4.78, 5) is 26.3. The second-order valence-electron chi connectivity index (χ2n) is 7.78. The summed E-state index contributed by atoms with van der Waals surface area (Å²) in [6.07, 6.45) is 0.779. The molecule has 2 amide bonds. The first kappa shape index (κ1) is 19.7. The molecule has 0 fully saturated rings. The van der Waals surface area contributed by atoms with E-state index in [-0.39, 0.29) is 11.8 Å². The molecule has 2 aromatic rings. The summed E-state index contributed by atoms with van der Waals surface area (Å²) in [6, 6.07) is 10.8. The average molecular weight is 382 g/mol. The molecule has 3 rings (SSSR count). The molecule has 0 unspecified atom stereocenters. The lowest BCUT2D eigenvalue weighted by molar-refractivity contribution is 0.0355. The Morgan fingerprint density at radius 3 is 2.46 bits per heavy atom. The van der Waals surface area contributed by atoms with Gasteiger partial charge in [-0.15, -0.1) is 0 Å². The molecule has 0 atom stereocenters. The molecule has 1 heterocycles. The van der Waals surface area contributed by atoms with Crippen molar-refractivity contribution in [2.75, 3.05) is 13.7 Å². The summed E-state index contributed by atoms with van der Waals surface area (Å²) in [6.45, 7) is 7.98. The lowest BCUT2D eigenvalue weighted by Gasteiger charge is -2.36. The van der Waals surface area contributed by atoms with E-state index in [1.807, 2.05) is 39.8 Å². The van der Waals surface area contributed by atoms with E-state index in [1.165, 1.54) is 5.01 Å². The molecule has 1 N–H and O–H groups in total. The summed E-state index contributed by atoms with van der Waals surface area (Å²) in [5.41, 5.74) is 4.78. The van der Waals surface area contributed by atoms with Gasteiger partial charge in [-0.05, 0) is 51.5 Å². The number of benzene rings is 2. The molecule has 0 saturated heterocycles. The molecule has 0 aliphatic carbocycles. The monoisotopic (exact) mass is 382 g/mol. The minimum absolute atomic E-state index is 0.305. The van der Waals surface area contributed by atoms with E-state index < -0.39 is 5.54 Å². The first-order valence-electron chi connectivity index (χ1n) is 9.28. The summed E-state index contributed by atoms with van der Waals surface area (Å²) >= 11 is 0. The number of hydrogen-bond acceptors (Lipinski definition) is 4. The minimum atomic E-state index is -0.638. The summed E-state index contributed by atoms with van der Waals surface area (Å²) in [5.74, 6) is 0.553. The first-order chi connectivity index (χ1) is 13.2. The van der Waals surface area contributed by atoms with Crippen LogP contribution in [0.4, 0.5) is 0 Å². The van der Waals surface area contributed by atoms with Crippen LogP contribution >= 0.6 is 0 Å². The average Bonchev–Trinajstić information content (AvgIpc) is 3.13. The Morgan fingerprint density at radius 2 is 1.79 bits per heavy atom. The molecule has 0 aromatic heterocycles. The highest BCUT2D eigenvalue weighted by atomic mass is 16.5. The zero-order valence-corrected chi connectivity index (χ0v) is 17.0. The van der Waals surface area contributed by atoms with Gasteiger partial charge in [0.1, 0.15) is 11.5 Å². The van der Waals surface area contributed by atoms with Gasteiger partial charge in [-0.25, -0.2) is 5.01 Å². The van der Waals surface area contributed by atoms with Crippen molar-refractivity contribution in [3.05, 3.63) is 58.7 Å². The van der Waals surface area contributed by atoms with Gasteiger partial charge in [0.15, 0.2) is 0 Å². The maximum atomic E-state index is 13.3. The lowest BCUT2D eigenvalue weighted by atomic mass is 10.0. The molecule has 0 bridgehead atoms. The number of ether oxygens (including phenoxy) is 2. The van der Waals surface area contributed by atoms with Crippen LogP contribution in [0, 0.1) is 6.92 Å². The number of nitrogens with one attached hydrogen (secondary N) is 1. The highest BCUT2D eigenvalue weighted by Gasteiger charge is 2.33. The zero-order valence-electron chi connectivity index (χ0n) is 17.0. The van der Waals surface area contributed by atoms with Gasteiger partial charge < -0.3 is 9.47 Å². The van der Waals surface area contributed by atoms with E-state index in [0.717, 1.165) is 12.0 Å². The van der Waals surface area contributed by atoms with Gasteiger partial charge in [0, 0.05) is 17.5 Å². The lowest BCUT2D eigenvalue weighted by Crippen LogP contribution is -2.56. The Morgan fingerprint density at radius 1 is 1.11 bits per heavy atom. The fraction of sp³-hybridized carbons (Fsp3) is 0.364. The molecular formula is C22H26N2O4. The third kappa shape index (κ3) is 3.67. The number of amides is 2. The SMILES string of the molecule is COc1cccc(C(=O)NN(C(=O)c2cccc3c2OCC3)C(C)(C)C)c1C. The Balaban J connectivity index is 1.93. The number of rotatable bonds is 3.